The van der Waals surface area contributed by atoms with E-state index < -0.39 is 5.41 Å². The Kier molecular flexibility index (Phi) is 8.12. The Balaban J connectivity index is 1.26. The first kappa shape index (κ1) is 33.8. The molecule has 0 radical (unpaired) electrons. The molecule has 272 valence electrons. The molecule has 0 amide bonds. The van der Waals surface area contributed by atoms with Gasteiger partial charge in [-0.05, 0) is 96.6 Å². The smallest absolute Gasteiger partial charge is 0.0714 e. The topological polar surface area (TPSA) is 3.24 Å². The van der Waals surface area contributed by atoms with E-state index in [9.17, 15) is 0 Å². The normalized spacial score (nSPS) is 12.6. The van der Waals surface area contributed by atoms with Crippen molar-refractivity contribution >= 4 is 38.6 Å². The van der Waals surface area contributed by atoms with Gasteiger partial charge in [0.1, 0.15) is 0 Å². The van der Waals surface area contributed by atoms with Crippen LogP contribution < -0.4 is 4.90 Å². The number of anilines is 3. The summed E-state index contributed by atoms with van der Waals surface area (Å²) in [6, 6.07) is 86.9. The first-order valence-electron chi connectivity index (χ1n) is 20.1. The molecule has 0 fully saturated rings. The maximum absolute atomic E-state index is 2.51. The summed E-state index contributed by atoms with van der Waals surface area (Å²) in [5.74, 6) is 0. The second-order valence-electron chi connectivity index (χ2n) is 15.2. The molecule has 0 aromatic heterocycles. The zero-order valence-corrected chi connectivity index (χ0v) is 32.0. The van der Waals surface area contributed by atoms with Crippen LogP contribution in [0.3, 0.4) is 0 Å². The van der Waals surface area contributed by atoms with Gasteiger partial charge in [0.2, 0.25) is 0 Å². The summed E-state index contributed by atoms with van der Waals surface area (Å²) in [5.41, 5.74) is 15.2. The Morgan fingerprint density at radius 1 is 0.293 bits per heavy atom. The average molecular weight is 738 g/mol. The van der Waals surface area contributed by atoms with E-state index in [-0.39, 0.29) is 0 Å². The molecule has 0 aliphatic heterocycles. The van der Waals surface area contributed by atoms with E-state index in [1.54, 1.807) is 0 Å². The first-order chi connectivity index (χ1) is 28.8. The molecule has 0 saturated carbocycles. The Bertz CT molecular complexity index is 3040. The summed E-state index contributed by atoms with van der Waals surface area (Å²) in [6.07, 6.45) is 0. The molecule has 0 bridgehead atoms. The third kappa shape index (κ3) is 5.25. The molecule has 1 aliphatic carbocycles. The van der Waals surface area contributed by atoms with Gasteiger partial charge >= 0.3 is 0 Å². The third-order valence-electron chi connectivity index (χ3n) is 12.1. The van der Waals surface area contributed by atoms with Gasteiger partial charge in [-0.15, -0.1) is 0 Å². The fraction of sp³-hybridized carbons (Fsp3) is 0.0175. The van der Waals surface area contributed by atoms with Gasteiger partial charge in [-0.1, -0.05) is 206 Å². The largest absolute Gasteiger partial charge is 0.309 e. The van der Waals surface area contributed by atoms with Gasteiger partial charge in [0, 0.05) is 22.3 Å². The molecule has 0 atom stereocenters. The van der Waals surface area contributed by atoms with Crippen molar-refractivity contribution in [3.05, 3.63) is 259 Å². The van der Waals surface area contributed by atoms with E-state index in [0.29, 0.717) is 0 Å². The van der Waals surface area contributed by atoms with E-state index in [2.05, 4.69) is 241 Å². The summed E-state index contributed by atoms with van der Waals surface area (Å²) in [4.78, 5) is 2.51. The lowest BCUT2D eigenvalue weighted by atomic mass is 9.67. The van der Waals surface area contributed by atoms with Crippen molar-refractivity contribution < 1.29 is 0 Å². The van der Waals surface area contributed by atoms with Crippen LogP contribution in [-0.4, -0.2) is 0 Å². The van der Waals surface area contributed by atoms with Crippen LogP contribution in [0.15, 0.2) is 237 Å². The van der Waals surface area contributed by atoms with Crippen molar-refractivity contribution in [2.24, 2.45) is 0 Å². The molecule has 0 saturated heterocycles. The second kappa shape index (κ2) is 13.9. The molecule has 1 heteroatoms. The third-order valence-corrected chi connectivity index (χ3v) is 12.1. The van der Waals surface area contributed by atoms with Crippen LogP contribution in [0, 0.1) is 0 Å². The second-order valence-corrected chi connectivity index (χ2v) is 15.2. The number of para-hydroxylation sites is 1. The zero-order chi connectivity index (χ0) is 38.5. The average Bonchev–Trinajstić information content (AvgIpc) is 3.60. The number of hydrogen-bond donors (Lipinski definition) is 0. The number of fused-ring (bicyclic) bond motifs is 6. The van der Waals surface area contributed by atoms with E-state index in [4.69, 9.17) is 0 Å². The first-order valence-corrected chi connectivity index (χ1v) is 20.1. The Morgan fingerprint density at radius 3 is 1.34 bits per heavy atom. The fourth-order valence-electron chi connectivity index (χ4n) is 9.66. The molecule has 0 unspecified atom stereocenters. The van der Waals surface area contributed by atoms with Gasteiger partial charge in [-0.2, -0.15) is 0 Å². The summed E-state index contributed by atoms with van der Waals surface area (Å²) in [5, 5.41) is 4.92. The Labute approximate surface area is 339 Å². The lowest BCUT2D eigenvalue weighted by Crippen LogP contribution is -2.28. The number of nitrogens with zero attached hydrogens (tertiary/aromatic N) is 1. The van der Waals surface area contributed by atoms with E-state index in [0.717, 1.165) is 11.4 Å². The van der Waals surface area contributed by atoms with Gasteiger partial charge in [-0.3, -0.25) is 0 Å². The fourth-order valence-corrected chi connectivity index (χ4v) is 9.66. The summed E-state index contributed by atoms with van der Waals surface area (Å²) >= 11 is 0. The lowest BCUT2D eigenvalue weighted by molar-refractivity contribution is 0.768. The molecule has 0 N–H and O–H groups in total. The van der Waals surface area contributed by atoms with Crippen LogP contribution in [0.4, 0.5) is 17.1 Å². The SMILES string of the molecule is c1ccc(-c2ccc3c(c2)C(c2ccccc2)(c2ccccc2)c2cc(N(c4ccccc4)c4c(-c5ccccc5)c5ccccc5c5ccccc45)ccc2-3)cc1. The van der Waals surface area contributed by atoms with Crippen LogP contribution >= 0.6 is 0 Å². The predicted molar refractivity (Wildman–Crippen MR) is 244 cm³/mol. The highest BCUT2D eigenvalue weighted by Gasteiger charge is 2.46. The summed E-state index contributed by atoms with van der Waals surface area (Å²) in [6.45, 7) is 0. The highest BCUT2D eigenvalue weighted by atomic mass is 15.1. The molecule has 1 aliphatic rings. The quantitative estimate of drug-likeness (QED) is 0.147. The van der Waals surface area contributed by atoms with Crippen LogP contribution in [0.5, 0.6) is 0 Å². The molecule has 0 spiro atoms. The lowest BCUT2D eigenvalue weighted by Gasteiger charge is -2.35. The molecule has 11 rings (SSSR count). The standard InChI is InChI=1S/C57H39N/c1-6-20-40(21-7-1)42-34-36-49-50-37-35-46(39-54(50)57(53(49)38-42,43-24-10-3-11-25-43)44-26-12-4-13-27-44)58(45-28-14-5-15-29-45)56-52-33-19-17-31-48(52)47-30-16-18-32-51(47)55(56)41-22-8-2-9-23-41/h1-39H. The summed E-state index contributed by atoms with van der Waals surface area (Å²) in [7, 11) is 0. The van der Waals surface area contributed by atoms with Crippen LogP contribution in [0.2, 0.25) is 0 Å². The number of hydrogen-bond acceptors (Lipinski definition) is 1. The molecular weight excluding hydrogens is 699 g/mol. The molecular formula is C57H39N. The van der Waals surface area contributed by atoms with Crippen LogP contribution in [0.1, 0.15) is 22.3 Å². The van der Waals surface area contributed by atoms with Gasteiger partial charge in [0.15, 0.2) is 0 Å². The van der Waals surface area contributed by atoms with E-state index in [1.165, 1.54) is 82.9 Å². The monoisotopic (exact) mass is 737 g/mol. The molecule has 58 heavy (non-hydrogen) atoms. The van der Waals surface area contributed by atoms with Crippen molar-refractivity contribution in [2.75, 3.05) is 4.90 Å². The van der Waals surface area contributed by atoms with Crippen molar-refractivity contribution in [3.63, 3.8) is 0 Å². The van der Waals surface area contributed by atoms with Crippen molar-refractivity contribution in [1.82, 2.24) is 0 Å². The molecule has 1 nitrogen and oxygen atoms in total. The molecule has 0 heterocycles. The maximum atomic E-state index is 2.51. The number of rotatable bonds is 7. The van der Waals surface area contributed by atoms with E-state index >= 15 is 0 Å². The number of benzene rings is 10. The Hall–Kier alpha value is -7.48. The highest BCUT2D eigenvalue weighted by molar-refractivity contribution is 6.22. The van der Waals surface area contributed by atoms with Gasteiger partial charge in [0.05, 0.1) is 11.1 Å². The van der Waals surface area contributed by atoms with Crippen molar-refractivity contribution in [3.8, 4) is 33.4 Å². The highest BCUT2D eigenvalue weighted by Crippen LogP contribution is 2.58. The van der Waals surface area contributed by atoms with Crippen LogP contribution in [0.25, 0.3) is 54.9 Å². The minimum Gasteiger partial charge on any atom is -0.309 e. The van der Waals surface area contributed by atoms with Gasteiger partial charge < -0.3 is 4.90 Å². The predicted octanol–water partition coefficient (Wildman–Crippen LogP) is 15.2. The van der Waals surface area contributed by atoms with E-state index in [1.807, 2.05) is 0 Å². The van der Waals surface area contributed by atoms with Crippen molar-refractivity contribution in [2.45, 2.75) is 5.41 Å². The Morgan fingerprint density at radius 2 is 0.741 bits per heavy atom. The van der Waals surface area contributed by atoms with Crippen molar-refractivity contribution in [1.29, 1.82) is 0 Å². The zero-order valence-electron chi connectivity index (χ0n) is 32.0. The summed E-state index contributed by atoms with van der Waals surface area (Å²) < 4.78 is 0. The van der Waals surface area contributed by atoms with Gasteiger partial charge in [0.25, 0.3) is 0 Å². The van der Waals surface area contributed by atoms with Gasteiger partial charge in [-0.25, -0.2) is 0 Å². The molecule has 10 aromatic carbocycles. The van der Waals surface area contributed by atoms with Crippen LogP contribution in [-0.2, 0) is 5.41 Å². The maximum Gasteiger partial charge on any atom is 0.0714 e. The minimum atomic E-state index is -0.579. The minimum absolute atomic E-state index is 0.579. The molecule has 10 aromatic rings.